The monoisotopic (exact) mass is 370 g/mol. The number of carbonyl (C=O) groups excluding carboxylic acids is 1. The molecule has 118 valence electrons. The van der Waals surface area contributed by atoms with Gasteiger partial charge in [-0.2, -0.15) is 0 Å². The first-order valence-corrected chi connectivity index (χ1v) is 9.09. The average Bonchev–Trinajstić information content (AvgIpc) is 2.46. The van der Waals surface area contributed by atoms with Crippen molar-refractivity contribution < 1.29 is 26.5 Å². The van der Waals surface area contributed by atoms with E-state index in [0.717, 1.165) is 0 Å². The van der Waals surface area contributed by atoms with E-state index in [1.165, 1.54) is 0 Å². The number of benzene rings is 1. The first-order valence-electron chi connectivity index (χ1n) is 6.54. The van der Waals surface area contributed by atoms with E-state index in [4.69, 9.17) is 0 Å². The van der Waals surface area contributed by atoms with Crippen LogP contribution in [0.1, 0.15) is 26.7 Å². The van der Waals surface area contributed by atoms with E-state index < -0.39 is 36.9 Å². The van der Waals surface area contributed by atoms with Crippen molar-refractivity contribution in [2.45, 2.75) is 43.8 Å². The van der Waals surface area contributed by atoms with Crippen LogP contribution in [0.25, 0.3) is 0 Å². The van der Waals surface area contributed by atoms with Crippen LogP contribution in [-0.4, -0.2) is 32.1 Å². The molecule has 0 spiro atoms. The first kappa shape index (κ1) is 17.8. The summed E-state index contributed by atoms with van der Waals surface area (Å²) < 4.78 is 54.6. The molecular formula is C14H17F3O3Se. The molecule has 1 aromatic rings. The Bertz CT molecular complexity index is 488. The Balaban J connectivity index is 2.90. The van der Waals surface area contributed by atoms with Crippen LogP contribution in [0.3, 0.4) is 0 Å². The van der Waals surface area contributed by atoms with Crippen LogP contribution in [0, 0.1) is 0 Å². The van der Waals surface area contributed by atoms with Gasteiger partial charge in [0.25, 0.3) is 0 Å². The summed E-state index contributed by atoms with van der Waals surface area (Å²) >= 11 is -2.61. The van der Waals surface area contributed by atoms with Crippen molar-refractivity contribution in [2.24, 2.45) is 0 Å². The maximum atomic E-state index is 12.5. The number of hydrogen-bond donors (Lipinski definition) is 0. The third kappa shape index (κ3) is 4.93. The Labute approximate surface area is 125 Å². The van der Waals surface area contributed by atoms with E-state index in [2.05, 4.69) is 4.74 Å². The second-order valence-corrected chi connectivity index (χ2v) is 7.91. The van der Waals surface area contributed by atoms with Gasteiger partial charge in [0.2, 0.25) is 0 Å². The van der Waals surface area contributed by atoms with Gasteiger partial charge in [-0.25, -0.2) is 0 Å². The van der Waals surface area contributed by atoms with Crippen LogP contribution in [0.2, 0.25) is 4.82 Å². The Hall–Kier alpha value is -1.20. The summed E-state index contributed by atoms with van der Waals surface area (Å²) in [6.07, 6.45) is -5.45. The summed E-state index contributed by atoms with van der Waals surface area (Å²) in [7, 11) is 0. The van der Waals surface area contributed by atoms with Crippen molar-refractivity contribution in [3.63, 3.8) is 0 Å². The predicted octanol–water partition coefficient (Wildman–Crippen LogP) is 2.98. The van der Waals surface area contributed by atoms with Crippen molar-refractivity contribution in [3.8, 4) is 0 Å². The van der Waals surface area contributed by atoms with Crippen LogP contribution < -0.4 is 4.46 Å². The number of esters is 1. The molecule has 0 saturated carbocycles. The zero-order chi connectivity index (χ0) is 16.0. The first-order chi connectivity index (χ1) is 9.81. The molecule has 1 rings (SSSR count). The average molecular weight is 369 g/mol. The molecule has 7 heteroatoms. The third-order valence-electron chi connectivity index (χ3n) is 2.96. The molecule has 0 bridgehead atoms. The molecule has 0 aliphatic heterocycles. The summed E-state index contributed by atoms with van der Waals surface area (Å²) in [5.74, 6) is -2.22. The third-order valence-corrected chi connectivity index (χ3v) is 7.00. The normalized spacial score (nSPS) is 16.0. The summed E-state index contributed by atoms with van der Waals surface area (Å²) in [5, 5.41) is 0. The summed E-state index contributed by atoms with van der Waals surface area (Å²) in [6, 6.07) is 8.57. The Kier molecular flexibility index (Phi) is 6.55. The molecule has 1 aromatic carbocycles. The van der Waals surface area contributed by atoms with Gasteiger partial charge in [0.05, 0.1) is 0 Å². The number of hydrogen-bond acceptors (Lipinski definition) is 3. The summed E-state index contributed by atoms with van der Waals surface area (Å²) in [4.78, 5) is 10.4. The van der Waals surface area contributed by atoms with Gasteiger partial charge in [0.15, 0.2) is 0 Å². The quantitative estimate of drug-likeness (QED) is 0.572. The summed E-state index contributed by atoms with van der Waals surface area (Å²) in [6.45, 7) is 3.34. The molecular weight excluding hydrogens is 352 g/mol. The van der Waals surface area contributed by atoms with Gasteiger partial charge in [-0.1, -0.05) is 0 Å². The molecule has 0 radical (unpaired) electrons. The number of carbonyl (C=O) groups is 1. The molecule has 3 atom stereocenters. The van der Waals surface area contributed by atoms with Crippen molar-refractivity contribution in [2.75, 3.05) is 0 Å². The number of halogens is 3. The van der Waals surface area contributed by atoms with Gasteiger partial charge in [0.1, 0.15) is 0 Å². The topological polar surface area (TPSA) is 43.4 Å². The molecule has 3 nitrogen and oxygen atoms in total. The van der Waals surface area contributed by atoms with Crippen molar-refractivity contribution in [1.29, 1.82) is 0 Å². The van der Waals surface area contributed by atoms with Gasteiger partial charge in [-0.15, -0.1) is 0 Å². The zero-order valence-corrected chi connectivity index (χ0v) is 13.4. The molecule has 0 aromatic heterocycles. The van der Waals surface area contributed by atoms with Crippen LogP contribution in [0.4, 0.5) is 13.2 Å². The van der Waals surface area contributed by atoms with Gasteiger partial charge < -0.3 is 0 Å². The predicted molar refractivity (Wildman–Crippen MR) is 72.8 cm³/mol. The zero-order valence-electron chi connectivity index (χ0n) is 11.7. The Morgan fingerprint density at radius 3 is 2.19 bits per heavy atom. The van der Waals surface area contributed by atoms with E-state index in [1.54, 1.807) is 44.2 Å². The molecule has 0 aliphatic rings. The fraction of sp³-hybridized carbons (Fsp3) is 0.500. The van der Waals surface area contributed by atoms with Crippen LogP contribution in [-0.2, 0) is 13.4 Å². The standard InChI is InChI=1S/C14H17F3O3Se/c1-3-11(20-13(18)14(15,16)17)12(4-2)21(19)10-8-6-5-7-9-10/h5-9,11-12H,3-4H2,1-2H3. The minimum absolute atomic E-state index is 0.190. The van der Waals surface area contributed by atoms with E-state index in [9.17, 15) is 21.8 Å². The number of rotatable bonds is 6. The molecule has 0 amide bonds. The molecule has 0 fully saturated rings. The van der Waals surface area contributed by atoms with Crippen molar-refractivity contribution >= 4 is 24.3 Å². The van der Waals surface area contributed by atoms with E-state index in [-0.39, 0.29) is 6.42 Å². The van der Waals surface area contributed by atoms with Crippen LogP contribution >= 0.6 is 0 Å². The molecule has 0 saturated heterocycles. The fourth-order valence-electron chi connectivity index (χ4n) is 1.91. The van der Waals surface area contributed by atoms with Gasteiger partial charge in [-0.05, 0) is 0 Å². The fourth-order valence-corrected chi connectivity index (χ4v) is 5.27. The molecule has 3 unspecified atom stereocenters. The molecule has 21 heavy (non-hydrogen) atoms. The van der Waals surface area contributed by atoms with Crippen molar-refractivity contribution in [1.82, 2.24) is 0 Å². The summed E-state index contributed by atoms with van der Waals surface area (Å²) in [5.41, 5.74) is 0. The molecule has 0 heterocycles. The second-order valence-electron chi connectivity index (χ2n) is 4.41. The van der Waals surface area contributed by atoms with Crippen LogP contribution in [0.5, 0.6) is 0 Å². The molecule has 0 N–H and O–H groups in total. The maximum absolute atomic E-state index is 12.5. The van der Waals surface area contributed by atoms with Gasteiger partial charge >= 0.3 is 125 Å². The van der Waals surface area contributed by atoms with E-state index >= 15 is 0 Å². The van der Waals surface area contributed by atoms with Crippen molar-refractivity contribution in [3.05, 3.63) is 30.3 Å². The Morgan fingerprint density at radius 1 is 1.19 bits per heavy atom. The SMILES string of the molecule is CCC(OC(=O)C(F)(F)F)C(CC)[Se](=O)c1ccccc1. The van der Waals surface area contributed by atoms with E-state index in [1.807, 2.05) is 0 Å². The number of alkyl halides is 3. The molecule has 0 aliphatic carbocycles. The van der Waals surface area contributed by atoms with Gasteiger partial charge in [-0.3, -0.25) is 0 Å². The van der Waals surface area contributed by atoms with E-state index in [0.29, 0.717) is 10.9 Å². The van der Waals surface area contributed by atoms with Gasteiger partial charge in [0, 0.05) is 0 Å². The Morgan fingerprint density at radius 2 is 1.76 bits per heavy atom. The van der Waals surface area contributed by atoms with Crippen LogP contribution in [0.15, 0.2) is 30.3 Å². The second kappa shape index (κ2) is 7.71. The minimum atomic E-state index is -5.03. The number of ether oxygens (including phenoxy) is 1.